The number of rotatable bonds is 6. The Bertz CT molecular complexity index is 1220. The van der Waals surface area contributed by atoms with E-state index < -0.39 is 5.91 Å². The maximum atomic E-state index is 12.8. The quantitative estimate of drug-likeness (QED) is 0.498. The van der Waals surface area contributed by atoms with Crippen LogP contribution in [-0.4, -0.2) is 56.3 Å². The van der Waals surface area contributed by atoms with Crippen LogP contribution in [0.2, 0.25) is 0 Å². The van der Waals surface area contributed by atoms with Gasteiger partial charge in [0.15, 0.2) is 11.0 Å². The van der Waals surface area contributed by atoms with Gasteiger partial charge in [-0.15, -0.1) is 5.10 Å². The standard InChI is InChI=1S/C25H28N6O2S/c1-17-8-9-21(18(2)15-17)33-14-6-13-29-12-5-7-19(29)16-20-22(26)31-24(27-23(20)32)34-25(28-31)30-10-3-4-11-30/h5,7-9,12,15-16,26H,3-4,6,10-11,13-14H2,1-2H3/b20-16-,26-22?. The monoisotopic (exact) mass is 476 g/mol. The Balaban J connectivity index is 1.25. The number of carbonyl (C=O) groups is 1. The highest BCUT2D eigenvalue weighted by atomic mass is 32.2. The van der Waals surface area contributed by atoms with Gasteiger partial charge in [0, 0.05) is 31.5 Å². The van der Waals surface area contributed by atoms with Gasteiger partial charge in [0.25, 0.3) is 5.91 Å². The van der Waals surface area contributed by atoms with Crippen LogP contribution < -0.4 is 4.74 Å². The highest BCUT2D eigenvalue weighted by Crippen LogP contribution is 2.31. The van der Waals surface area contributed by atoms with E-state index in [4.69, 9.17) is 10.1 Å². The van der Waals surface area contributed by atoms with Crippen LogP contribution in [0.25, 0.3) is 6.08 Å². The molecule has 0 unspecified atom stereocenters. The Kier molecular flexibility index (Phi) is 6.28. The second kappa shape index (κ2) is 9.50. The summed E-state index contributed by atoms with van der Waals surface area (Å²) in [7, 11) is 0. The van der Waals surface area contributed by atoms with E-state index in [0.29, 0.717) is 11.8 Å². The van der Waals surface area contributed by atoms with Gasteiger partial charge >= 0.3 is 0 Å². The average molecular weight is 477 g/mol. The fraction of sp³-hybridized carbons (Fsp3) is 0.360. The Labute approximate surface area is 203 Å². The number of ether oxygens (including phenoxy) is 1. The number of aryl methyl sites for hydroxylation is 3. The normalized spacial score (nSPS) is 19.1. The van der Waals surface area contributed by atoms with Crippen LogP contribution in [0.3, 0.4) is 0 Å². The lowest BCUT2D eigenvalue weighted by Gasteiger charge is -2.20. The van der Waals surface area contributed by atoms with Crippen molar-refractivity contribution in [2.45, 2.75) is 39.7 Å². The molecule has 1 saturated heterocycles. The summed E-state index contributed by atoms with van der Waals surface area (Å²) in [5.41, 5.74) is 3.46. The van der Waals surface area contributed by atoms with Gasteiger partial charge in [-0.2, -0.15) is 10.0 Å². The molecule has 0 radical (unpaired) electrons. The van der Waals surface area contributed by atoms with Crippen LogP contribution in [0.15, 0.2) is 52.2 Å². The molecule has 0 spiro atoms. The Morgan fingerprint density at radius 1 is 1.18 bits per heavy atom. The third-order valence-corrected chi connectivity index (χ3v) is 7.08. The van der Waals surface area contributed by atoms with Gasteiger partial charge in [-0.3, -0.25) is 10.2 Å². The third kappa shape index (κ3) is 4.52. The molecule has 1 amide bonds. The van der Waals surface area contributed by atoms with E-state index >= 15 is 0 Å². The molecule has 2 aromatic rings. The molecule has 0 saturated carbocycles. The number of aromatic nitrogens is 1. The van der Waals surface area contributed by atoms with Crippen LogP contribution in [0.4, 0.5) is 0 Å². The number of amidine groups is 3. The molecule has 0 bridgehead atoms. The fourth-order valence-corrected chi connectivity index (χ4v) is 5.25. The second-order valence-electron chi connectivity index (χ2n) is 8.69. The average Bonchev–Trinajstić information content (AvgIpc) is 3.56. The van der Waals surface area contributed by atoms with E-state index in [9.17, 15) is 4.79 Å². The van der Waals surface area contributed by atoms with E-state index in [1.54, 1.807) is 6.08 Å². The molecule has 1 N–H and O–H groups in total. The maximum Gasteiger partial charge on any atom is 0.283 e. The van der Waals surface area contributed by atoms with Crippen molar-refractivity contribution >= 4 is 39.9 Å². The molecule has 1 aromatic heterocycles. The lowest BCUT2D eigenvalue weighted by Crippen LogP contribution is -2.35. The predicted octanol–water partition coefficient (Wildman–Crippen LogP) is 4.25. The number of nitrogens with zero attached hydrogens (tertiary/aromatic N) is 5. The number of benzene rings is 1. The fourth-order valence-electron chi connectivity index (χ4n) is 4.31. The predicted molar refractivity (Wildman–Crippen MR) is 136 cm³/mol. The first-order valence-corrected chi connectivity index (χ1v) is 12.4. The number of hydrogen-bond donors (Lipinski definition) is 1. The summed E-state index contributed by atoms with van der Waals surface area (Å²) < 4.78 is 8.02. The lowest BCUT2D eigenvalue weighted by molar-refractivity contribution is -0.114. The van der Waals surface area contributed by atoms with E-state index in [1.165, 1.54) is 22.3 Å². The molecule has 1 fully saturated rings. The molecule has 3 aliphatic heterocycles. The van der Waals surface area contributed by atoms with E-state index in [2.05, 4.69) is 45.5 Å². The van der Waals surface area contributed by atoms with Gasteiger partial charge in [-0.1, -0.05) is 17.7 Å². The van der Waals surface area contributed by atoms with Crippen molar-refractivity contribution in [2.75, 3.05) is 19.7 Å². The van der Waals surface area contributed by atoms with Crippen molar-refractivity contribution in [3.05, 3.63) is 58.9 Å². The van der Waals surface area contributed by atoms with Crippen molar-refractivity contribution in [3.63, 3.8) is 0 Å². The van der Waals surface area contributed by atoms with Crippen molar-refractivity contribution in [1.29, 1.82) is 5.41 Å². The Morgan fingerprint density at radius 3 is 2.79 bits per heavy atom. The molecule has 5 rings (SSSR count). The molecular formula is C25H28N6O2S. The molecule has 3 aliphatic rings. The summed E-state index contributed by atoms with van der Waals surface area (Å²) in [4.78, 5) is 19.2. The first-order chi connectivity index (χ1) is 16.5. The first-order valence-electron chi connectivity index (χ1n) is 11.6. The number of fused-ring (bicyclic) bond motifs is 1. The summed E-state index contributed by atoms with van der Waals surface area (Å²) in [6.45, 7) is 7.38. The zero-order valence-corrected chi connectivity index (χ0v) is 20.3. The number of amides is 1. The number of nitrogens with one attached hydrogen (secondary N) is 1. The van der Waals surface area contributed by atoms with Gasteiger partial charge in [-0.05, 0) is 74.7 Å². The molecule has 34 heavy (non-hydrogen) atoms. The van der Waals surface area contributed by atoms with Gasteiger partial charge < -0.3 is 14.2 Å². The number of hydrogen-bond acceptors (Lipinski definition) is 6. The van der Waals surface area contributed by atoms with Gasteiger partial charge in [0.2, 0.25) is 5.17 Å². The largest absolute Gasteiger partial charge is 0.493 e. The van der Waals surface area contributed by atoms with E-state index in [1.807, 2.05) is 24.4 Å². The lowest BCUT2D eigenvalue weighted by atomic mass is 10.1. The molecule has 8 nitrogen and oxygen atoms in total. The van der Waals surface area contributed by atoms with Crippen molar-refractivity contribution < 1.29 is 9.53 Å². The molecule has 4 heterocycles. The van der Waals surface area contributed by atoms with Crippen LogP contribution >= 0.6 is 11.8 Å². The smallest absolute Gasteiger partial charge is 0.283 e. The number of carbonyl (C=O) groups excluding carboxylic acids is 1. The minimum atomic E-state index is -0.396. The first kappa shape index (κ1) is 22.5. The second-order valence-corrected chi connectivity index (χ2v) is 9.63. The van der Waals surface area contributed by atoms with E-state index in [-0.39, 0.29) is 11.4 Å². The Morgan fingerprint density at radius 2 is 2.00 bits per heavy atom. The third-order valence-electron chi connectivity index (χ3n) is 6.11. The summed E-state index contributed by atoms with van der Waals surface area (Å²) in [6, 6.07) is 10.1. The summed E-state index contributed by atoms with van der Waals surface area (Å²) in [5, 5.41) is 16.0. The summed E-state index contributed by atoms with van der Waals surface area (Å²) in [5.74, 6) is 0.586. The molecule has 176 valence electrons. The minimum absolute atomic E-state index is 0.0719. The summed E-state index contributed by atoms with van der Waals surface area (Å²) >= 11 is 1.37. The van der Waals surface area contributed by atoms with Gasteiger partial charge in [0.1, 0.15) is 5.75 Å². The van der Waals surface area contributed by atoms with Crippen molar-refractivity contribution in [2.24, 2.45) is 10.1 Å². The minimum Gasteiger partial charge on any atom is -0.493 e. The topological polar surface area (TPSA) is 86.3 Å². The highest BCUT2D eigenvalue weighted by Gasteiger charge is 2.37. The number of aliphatic imine (C=N–C) groups is 1. The molecule has 9 heteroatoms. The zero-order chi connectivity index (χ0) is 23.7. The van der Waals surface area contributed by atoms with Gasteiger partial charge in [0.05, 0.1) is 12.2 Å². The molecule has 1 aromatic carbocycles. The Hall–Kier alpha value is -3.33. The molecule has 0 aliphatic carbocycles. The number of likely N-dealkylation sites (tertiary alicyclic amines) is 1. The van der Waals surface area contributed by atoms with Crippen LogP contribution in [-0.2, 0) is 11.3 Å². The van der Waals surface area contributed by atoms with Crippen LogP contribution in [0.5, 0.6) is 5.75 Å². The van der Waals surface area contributed by atoms with Crippen LogP contribution in [0.1, 0.15) is 36.1 Å². The highest BCUT2D eigenvalue weighted by molar-refractivity contribution is 8.26. The number of hydrazone groups is 1. The SMILES string of the molecule is Cc1ccc(OCCCn2cccc2/C=C2/C(=N)N3N=C(N4CCCC4)SC3=NC2=O)c(C)c1. The summed E-state index contributed by atoms with van der Waals surface area (Å²) in [6.07, 6.45) is 6.81. The molecule has 0 atom stereocenters. The molecular weight excluding hydrogens is 448 g/mol. The van der Waals surface area contributed by atoms with Gasteiger partial charge in [-0.25, -0.2) is 0 Å². The van der Waals surface area contributed by atoms with Crippen molar-refractivity contribution in [3.8, 4) is 5.75 Å². The maximum absolute atomic E-state index is 12.8. The number of thioether (sulfide) groups is 1. The van der Waals surface area contributed by atoms with Crippen LogP contribution in [0, 0.1) is 19.3 Å². The zero-order valence-electron chi connectivity index (χ0n) is 19.5. The van der Waals surface area contributed by atoms with Crippen molar-refractivity contribution in [1.82, 2.24) is 14.5 Å². The van der Waals surface area contributed by atoms with E-state index in [0.717, 1.165) is 61.1 Å².